The molecule has 5 nitrogen and oxygen atoms in total. The summed E-state index contributed by atoms with van der Waals surface area (Å²) in [6.45, 7) is 5.63. The molecule has 0 aliphatic carbocycles. The van der Waals surface area contributed by atoms with Crippen LogP contribution in [0, 0.1) is 11.6 Å². The molecule has 0 spiro atoms. The van der Waals surface area contributed by atoms with Gasteiger partial charge in [0.05, 0.1) is 24.4 Å². The summed E-state index contributed by atoms with van der Waals surface area (Å²) < 4.78 is 32.0. The molecule has 0 radical (unpaired) electrons. The van der Waals surface area contributed by atoms with Gasteiger partial charge in [0.2, 0.25) is 5.91 Å². The van der Waals surface area contributed by atoms with Crippen molar-refractivity contribution in [3.63, 3.8) is 0 Å². The molecule has 3 rings (SSSR count). The zero-order valence-electron chi connectivity index (χ0n) is 14.0. The third-order valence-corrected chi connectivity index (χ3v) is 4.59. The van der Waals surface area contributed by atoms with Gasteiger partial charge in [-0.2, -0.15) is 0 Å². The third kappa shape index (κ3) is 4.59. The first-order chi connectivity index (χ1) is 11.9. The molecule has 0 saturated carbocycles. The van der Waals surface area contributed by atoms with Gasteiger partial charge in [-0.1, -0.05) is 0 Å². The van der Waals surface area contributed by atoms with Crippen LogP contribution in [0.3, 0.4) is 0 Å². The van der Waals surface area contributed by atoms with Crippen LogP contribution in [0.15, 0.2) is 23.6 Å². The number of morpholine rings is 1. The monoisotopic (exact) mass is 367 g/mol. The van der Waals surface area contributed by atoms with E-state index in [0.29, 0.717) is 29.5 Å². The van der Waals surface area contributed by atoms with E-state index in [-0.39, 0.29) is 24.7 Å². The van der Waals surface area contributed by atoms with Gasteiger partial charge in [-0.3, -0.25) is 9.69 Å². The molecule has 8 heteroatoms. The number of benzene rings is 1. The van der Waals surface area contributed by atoms with Gasteiger partial charge in [0.1, 0.15) is 0 Å². The van der Waals surface area contributed by atoms with Gasteiger partial charge in [0.15, 0.2) is 16.8 Å². The van der Waals surface area contributed by atoms with E-state index in [1.54, 1.807) is 5.38 Å². The van der Waals surface area contributed by atoms with Crippen molar-refractivity contribution >= 4 is 22.4 Å². The van der Waals surface area contributed by atoms with E-state index in [4.69, 9.17) is 4.74 Å². The molecule has 1 aliphatic rings. The van der Waals surface area contributed by atoms with Crippen LogP contribution >= 0.6 is 11.3 Å². The van der Waals surface area contributed by atoms with Gasteiger partial charge < -0.3 is 10.1 Å². The maximum Gasteiger partial charge on any atom is 0.240 e. The van der Waals surface area contributed by atoms with Crippen molar-refractivity contribution in [2.75, 3.05) is 25.0 Å². The Kier molecular flexibility index (Phi) is 5.41. The number of halogens is 2. The lowest BCUT2D eigenvalue weighted by molar-refractivity contribution is -0.121. The summed E-state index contributed by atoms with van der Waals surface area (Å²) in [5, 5.41) is 4.88. The number of carbonyl (C=O) groups excluding carboxylic acids is 1. The number of hydrogen-bond donors (Lipinski definition) is 1. The normalized spacial score (nSPS) is 21.3. The Morgan fingerprint density at radius 3 is 2.72 bits per heavy atom. The Hall–Kier alpha value is -1.90. The fourth-order valence-corrected chi connectivity index (χ4v) is 3.63. The van der Waals surface area contributed by atoms with Crippen LogP contribution in [-0.2, 0) is 9.53 Å². The second kappa shape index (κ2) is 7.55. The molecule has 2 atom stereocenters. The van der Waals surface area contributed by atoms with Gasteiger partial charge in [0.25, 0.3) is 0 Å². The first kappa shape index (κ1) is 17.9. The lowest BCUT2D eigenvalue weighted by atomic mass is 10.2. The largest absolute Gasteiger partial charge is 0.373 e. The minimum absolute atomic E-state index is 0.0939. The molecule has 2 aromatic rings. The molecule has 134 valence electrons. The average Bonchev–Trinajstić information content (AvgIpc) is 2.97. The first-order valence-electron chi connectivity index (χ1n) is 7.99. The Bertz CT molecular complexity index is 758. The van der Waals surface area contributed by atoms with Crippen LogP contribution in [-0.4, -0.2) is 47.6 Å². The number of aromatic nitrogens is 1. The van der Waals surface area contributed by atoms with Gasteiger partial charge in [-0.25, -0.2) is 13.8 Å². The number of hydrogen-bond acceptors (Lipinski definition) is 5. The minimum Gasteiger partial charge on any atom is -0.373 e. The van der Waals surface area contributed by atoms with E-state index in [1.165, 1.54) is 17.4 Å². The highest BCUT2D eigenvalue weighted by molar-refractivity contribution is 7.14. The summed E-state index contributed by atoms with van der Waals surface area (Å²) in [6, 6.07) is 3.60. The second-order valence-corrected chi connectivity index (χ2v) is 7.02. The van der Waals surface area contributed by atoms with Crippen LogP contribution in [0.1, 0.15) is 13.8 Å². The lowest BCUT2D eigenvalue weighted by Crippen LogP contribution is -2.48. The number of carbonyl (C=O) groups is 1. The maximum atomic E-state index is 13.3. The number of nitrogens with one attached hydrogen (secondary N) is 1. The highest BCUT2D eigenvalue weighted by Crippen LogP contribution is 2.26. The van der Waals surface area contributed by atoms with Crippen molar-refractivity contribution in [2.45, 2.75) is 26.1 Å². The summed E-state index contributed by atoms with van der Waals surface area (Å²) in [6.07, 6.45) is 0.188. The molecule has 25 heavy (non-hydrogen) atoms. The zero-order chi connectivity index (χ0) is 18.0. The van der Waals surface area contributed by atoms with E-state index < -0.39 is 11.6 Å². The first-order valence-corrected chi connectivity index (χ1v) is 8.87. The van der Waals surface area contributed by atoms with Crippen LogP contribution in [0.2, 0.25) is 0 Å². The molecule has 1 fully saturated rings. The second-order valence-electron chi connectivity index (χ2n) is 6.17. The van der Waals surface area contributed by atoms with E-state index in [9.17, 15) is 13.6 Å². The summed E-state index contributed by atoms with van der Waals surface area (Å²) in [4.78, 5) is 18.5. The minimum atomic E-state index is -0.924. The molecule has 0 unspecified atom stereocenters. The van der Waals surface area contributed by atoms with Crippen molar-refractivity contribution in [3.05, 3.63) is 35.2 Å². The Morgan fingerprint density at radius 2 is 2.04 bits per heavy atom. The van der Waals surface area contributed by atoms with Gasteiger partial charge in [-0.15, -0.1) is 11.3 Å². The third-order valence-electron chi connectivity index (χ3n) is 3.83. The molecule has 1 aromatic heterocycles. The SMILES string of the molecule is C[C@@H]1CN(CC(=O)Nc2nc(-c3ccc(F)c(F)c3)cs2)C[C@@H](C)O1. The summed E-state index contributed by atoms with van der Waals surface area (Å²) in [5.74, 6) is -1.99. The maximum absolute atomic E-state index is 13.3. The number of anilines is 1. The molecule has 2 heterocycles. The molecule has 1 saturated heterocycles. The number of amides is 1. The van der Waals surface area contributed by atoms with Gasteiger partial charge >= 0.3 is 0 Å². The molecule has 0 bridgehead atoms. The molecular weight excluding hydrogens is 348 g/mol. The summed E-state index contributed by atoms with van der Waals surface area (Å²) in [5.41, 5.74) is 0.958. The zero-order valence-corrected chi connectivity index (χ0v) is 14.8. The standard InChI is InChI=1S/C17H19F2N3O2S/c1-10-6-22(7-11(2)24-10)8-16(23)21-17-20-15(9-25-17)12-3-4-13(18)14(19)5-12/h3-5,9-11H,6-8H2,1-2H3,(H,20,21,23)/t10-,11-/m1/s1. The topological polar surface area (TPSA) is 54.5 Å². The van der Waals surface area contributed by atoms with Crippen LogP contribution in [0.25, 0.3) is 11.3 Å². The highest BCUT2D eigenvalue weighted by Gasteiger charge is 2.24. The smallest absolute Gasteiger partial charge is 0.240 e. The Morgan fingerprint density at radius 1 is 1.32 bits per heavy atom. The fraction of sp³-hybridized carbons (Fsp3) is 0.412. The van der Waals surface area contributed by atoms with E-state index in [1.807, 2.05) is 18.7 Å². The van der Waals surface area contributed by atoms with Crippen molar-refractivity contribution < 1.29 is 18.3 Å². The Labute approximate surface area is 148 Å². The lowest BCUT2D eigenvalue weighted by Gasteiger charge is -2.34. The van der Waals surface area contributed by atoms with Crippen LogP contribution < -0.4 is 5.32 Å². The van der Waals surface area contributed by atoms with E-state index in [0.717, 1.165) is 12.1 Å². The number of ether oxygens (including phenoxy) is 1. The molecule has 1 aliphatic heterocycles. The van der Waals surface area contributed by atoms with Crippen molar-refractivity contribution in [2.24, 2.45) is 0 Å². The van der Waals surface area contributed by atoms with E-state index in [2.05, 4.69) is 10.3 Å². The molecule has 1 amide bonds. The fourth-order valence-electron chi connectivity index (χ4n) is 2.89. The number of nitrogens with zero attached hydrogens (tertiary/aromatic N) is 2. The van der Waals surface area contributed by atoms with Crippen molar-refractivity contribution in [1.29, 1.82) is 0 Å². The van der Waals surface area contributed by atoms with Gasteiger partial charge in [-0.05, 0) is 32.0 Å². The number of thiazole rings is 1. The molecule has 1 aromatic carbocycles. The highest BCUT2D eigenvalue weighted by atomic mass is 32.1. The predicted octanol–water partition coefficient (Wildman–Crippen LogP) is 3.14. The Balaban J connectivity index is 1.61. The van der Waals surface area contributed by atoms with Gasteiger partial charge in [0, 0.05) is 24.0 Å². The quantitative estimate of drug-likeness (QED) is 0.902. The van der Waals surface area contributed by atoms with Crippen molar-refractivity contribution in [1.82, 2.24) is 9.88 Å². The number of rotatable bonds is 4. The molecular formula is C17H19F2N3O2S. The van der Waals surface area contributed by atoms with Crippen LogP contribution in [0.5, 0.6) is 0 Å². The predicted molar refractivity (Wildman–Crippen MR) is 92.5 cm³/mol. The van der Waals surface area contributed by atoms with Crippen LogP contribution in [0.4, 0.5) is 13.9 Å². The van der Waals surface area contributed by atoms with E-state index >= 15 is 0 Å². The summed E-state index contributed by atoms with van der Waals surface area (Å²) >= 11 is 1.24. The average molecular weight is 367 g/mol. The summed E-state index contributed by atoms with van der Waals surface area (Å²) in [7, 11) is 0. The molecule has 1 N–H and O–H groups in total. The van der Waals surface area contributed by atoms with Crippen molar-refractivity contribution in [3.8, 4) is 11.3 Å².